The molecule has 0 spiro atoms. The third-order valence-corrected chi connectivity index (χ3v) is 4.65. The molecule has 0 aliphatic heterocycles. The predicted molar refractivity (Wildman–Crippen MR) is 75.4 cm³/mol. The van der Waals surface area contributed by atoms with Crippen LogP contribution in [0.5, 0.6) is 5.75 Å². The number of hydrogen-bond acceptors (Lipinski definition) is 4. The molecule has 106 valence electrons. The number of nitrogen functional groups attached to an aromatic ring is 1. The molecule has 0 aromatic heterocycles. The summed E-state index contributed by atoms with van der Waals surface area (Å²) in [6.07, 6.45) is 1.12. The highest BCUT2D eigenvalue weighted by Gasteiger charge is 2.33. The number of sulfonamides is 1. The van der Waals surface area contributed by atoms with Gasteiger partial charge in [-0.3, -0.25) is 0 Å². The maximum absolute atomic E-state index is 11.7. The Balaban J connectivity index is 1.70. The molecule has 1 aromatic carbocycles. The van der Waals surface area contributed by atoms with Crippen molar-refractivity contribution in [3.8, 4) is 5.75 Å². The Bertz CT molecular complexity index is 513. The molecule has 0 saturated heterocycles. The minimum absolute atomic E-state index is 0.0293. The number of hydrogen-bond donors (Lipinski definition) is 2. The summed E-state index contributed by atoms with van der Waals surface area (Å²) in [5.41, 5.74) is 6.20. The van der Waals surface area contributed by atoms with Gasteiger partial charge in [-0.15, -0.1) is 0 Å². The van der Waals surface area contributed by atoms with Crippen molar-refractivity contribution in [2.24, 2.45) is 11.8 Å². The van der Waals surface area contributed by atoms with Gasteiger partial charge < -0.3 is 10.5 Å². The lowest BCUT2D eigenvalue weighted by atomic mass is 10.3. The zero-order valence-electron chi connectivity index (χ0n) is 11.0. The summed E-state index contributed by atoms with van der Waals surface area (Å²) in [5.74, 6) is 1.75. The second-order valence-electron chi connectivity index (χ2n) is 5.06. The van der Waals surface area contributed by atoms with Gasteiger partial charge in [-0.2, -0.15) is 0 Å². The Morgan fingerprint density at radius 1 is 1.37 bits per heavy atom. The molecule has 0 heterocycles. The highest BCUT2D eigenvalue weighted by Crippen LogP contribution is 2.36. The van der Waals surface area contributed by atoms with Crippen molar-refractivity contribution in [2.45, 2.75) is 13.3 Å². The Hall–Kier alpha value is -1.27. The molecule has 5 nitrogen and oxygen atoms in total. The van der Waals surface area contributed by atoms with Crippen LogP contribution in [0.1, 0.15) is 13.3 Å². The van der Waals surface area contributed by atoms with Gasteiger partial charge in [-0.05, 0) is 42.5 Å². The summed E-state index contributed by atoms with van der Waals surface area (Å²) in [6, 6.07) is 6.88. The molecule has 1 aromatic rings. The van der Waals surface area contributed by atoms with E-state index >= 15 is 0 Å². The van der Waals surface area contributed by atoms with Gasteiger partial charge in [0.05, 0.1) is 5.75 Å². The predicted octanol–water partition coefficient (Wildman–Crippen LogP) is 1.22. The first-order chi connectivity index (χ1) is 8.96. The molecular formula is C13H20N2O3S. The van der Waals surface area contributed by atoms with Gasteiger partial charge in [-0.25, -0.2) is 13.1 Å². The van der Waals surface area contributed by atoms with Crippen LogP contribution < -0.4 is 15.2 Å². The van der Waals surface area contributed by atoms with E-state index in [9.17, 15) is 8.42 Å². The first-order valence-electron chi connectivity index (χ1n) is 6.42. The average Bonchev–Trinajstić information content (AvgIpc) is 3.06. The van der Waals surface area contributed by atoms with Crippen LogP contribution in [0.3, 0.4) is 0 Å². The number of ether oxygens (including phenoxy) is 1. The highest BCUT2D eigenvalue weighted by atomic mass is 32.2. The molecule has 6 heteroatoms. The summed E-state index contributed by atoms with van der Waals surface area (Å²) in [7, 11) is -3.24. The number of nitrogens with two attached hydrogens (primary N) is 1. The van der Waals surface area contributed by atoms with Crippen LogP contribution in [0.25, 0.3) is 0 Å². The van der Waals surface area contributed by atoms with Crippen LogP contribution in [0.4, 0.5) is 5.69 Å². The van der Waals surface area contributed by atoms with Crippen molar-refractivity contribution in [2.75, 3.05) is 24.6 Å². The summed E-state index contributed by atoms with van der Waals surface area (Å²) in [4.78, 5) is 0. The van der Waals surface area contributed by atoms with Gasteiger partial charge >= 0.3 is 0 Å². The quantitative estimate of drug-likeness (QED) is 0.738. The lowest BCUT2D eigenvalue weighted by molar-refractivity contribution is 0.340. The molecule has 2 unspecified atom stereocenters. The van der Waals surface area contributed by atoms with Crippen molar-refractivity contribution < 1.29 is 13.2 Å². The lowest BCUT2D eigenvalue weighted by Crippen LogP contribution is -2.30. The molecular weight excluding hydrogens is 264 g/mol. The van der Waals surface area contributed by atoms with Gasteiger partial charge in [0.25, 0.3) is 0 Å². The highest BCUT2D eigenvalue weighted by molar-refractivity contribution is 7.89. The van der Waals surface area contributed by atoms with E-state index in [-0.39, 0.29) is 12.4 Å². The first-order valence-corrected chi connectivity index (χ1v) is 8.07. The van der Waals surface area contributed by atoms with E-state index in [1.165, 1.54) is 0 Å². The first kappa shape index (κ1) is 14.1. The number of anilines is 1. The Morgan fingerprint density at radius 3 is 2.58 bits per heavy atom. The molecule has 0 bridgehead atoms. The smallest absolute Gasteiger partial charge is 0.214 e. The monoisotopic (exact) mass is 284 g/mol. The average molecular weight is 284 g/mol. The van der Waals surface area contributed by atoms with Crippen LogP contribution in [0.2, 0.25) is 0 Å². The minimum Gasteiger partial charge on any atom is -0.492 e. The number of benzene rings is 1. The second-order valence-corrected chi connectivity index (χ2v) is 6.98. The fraction of sp³-hybridized carbons (Fsp3) is 0.538. The van der Waals surface area contributed by atoms with Gasteiger partial charge in [-0.1, -0.05) is 6.92 Å². The fourth-order valence-electron chi connectivity index (χ4n) is 1.82. The van der Waals surface area contributed by atoms with Gasteiger partial charge in [0.15, 0.2) is 0 Å². The van der Waals surface area contributed by atoms with Crippen molar-refractivity contribution >= 4 is 15.7 Å². The molecule has 19 heavy (non-hydrogen) atoms. The van der Waals surface area contributed by atoms with Gasteiger partial charge in [0.1, 0.15) is 12.4 Å². The van der Waals surface area contributed by atoms with E-state index in [1.54, 1.807) is 24.3 Å². The summed E-state index contributed by atoms with van der Waals surface area (Å²) >= 11 is 0. The molecule has 0 radical (unpaired) electrons. The fourth-order valence-corrected chi connectivity index (χ4v) is 2.74. The van der Waals surface area contributed by atoms with Crippen LogP contribution in [0, 0.1) is 11.8 Å². The van der Waals surface area contributed by atoms with Crippen LogP contribution in [-0.2, 0) is 10.0 Å². The summed E-state index contributed by atoms with van der Waals surface area (Å²) in [5, 5.41) is 0. The van der Waals surface area contributed by atoms with Crippen LogP contribution >= 0.6 is 0 Å². The minimum atomic E-state index is -3.24. The SMILES string of the molecule is CC1CC1CNS(=O)(=O)CCOc1ccc(N)cc1. The van der Waals surface area contributed by atoms with Gasteiger partial charge in [0, 0.05) is 12.2 Å². The summed E-state index contributed by atoms with van der Waals surface area (Å²) in [6.45, 7) is 2.81. The van der Waals surface area contributed by atoms with E-state index in [4.69, 9.17) is 10.5 Å². The molecule has 2 rings (SSSR count). The number of nitrogens with one attached hydrogen (secondary N) is 1. The van der Waals surface area contributed by atoms with E-state index < -0.39 is 10.0 Å². The zero-order valence-corrected chi connectivity index (χ0v) is 11.8. The topological polar surface area (TPSA) is 81.4 Å². The third-order valence-electron chi connectivity index (χ3n) is 3.34. The zero-order chi connectivity index (χ0) is 13.9. The number of rotatable bonds is 7. The second kappa shape index (κ2) is 5.79. The molecule has 1 saturated carbocycles. The standard InChI is InChI=1S/C13H20N2O3S/c1-10-8-11(10)9-15-19(16,17)7-6-18-13-4-2-12(14)3-5-13/h2-5,10-11,15H,6-9,14H2,1H3. The van der Waals surface area contributed by atoms with Crippen molar-refractivity contribution in [3.63, 3.8) is 0 Å². The third kappa shape index (κ3) is 4.72. The van der Waals surface area contributed by atoms with E-state index in [2.05, 4.69) is 11.6 Å². The van der Waals surface area contributed by atoms with E-state index in [0.717, 1.165) is 6.42 Å². The lowest BCUT2D eigenvalue weighted by Gasteiger charge is -2.08. The molecule has 1 aliphatic carbocycles. The Morgan fingerprint density at radius 2 is 2.00 bits per heavy atom. The van der Waals surface area contributed by atoms with Gasteiger partial charge in [0.2, 0.25) is 10.0 Å². The summed E-state index contributed by atoms with van der Waals surface area (Å²) < 4.78 is 31.4. The molecule has 3 N–H and O–H groups in total. The molecule has 1 aliphatic rings. The molecule has 2 atom stereocenters. The van der Waals surface area contributed by atoms with Crippen molar-refractivity contribution in [1.82, 2.24) is 4.72 Å². The van der Waals surface area contributed by atoms with Crippen molar-refractivity contribution in [1.29, 1.82) is 0 Å². The van der Waals surface area contributed by atoms with Crippen LogP contribution in [0.15, 0.2) is 24.3 Å². The van der Waals surface area contributed by atoms with E-state index in [1.807, 2.05) is 0 Å². The normalized spacial score (nSPS) is 22.2. The Labute approximate surface area is 114 Å². The Kier molecular flexibility index (Phi) is 4.31. The van der Waals surface area contributed by atoms with E-state index in [0.29, 0.717) is 29.8 Å². The molecule has 0 amide bonds. The largest absolute Gasteiger partial charge is 0.492 e. The van der Waals surface area contributed by atoms with Crippen molar-refractivity contribution in [3.05, 3.63) is 24.3 Å². The maximum atomic E-state index is 11.7. The molecule has 1 fully saturated rings. The van der Waals surface area contributed by atoms with Crippen LogP contribution in [-0.4, -0.2) is 27.3 Å². The maximum Gasteiger partial charge on any atom is 0.214 e.